The summed E-state index contributed by atoms with van der Waals surface area (Å²) >= 11 is 4.33. The molecule has 0 aromatic carbocycles. The van der Waals surface area contributed by atoms with Crippen LogP contribution < -0.4 is 0 Å². The molecule has 5 rings (SSSR count). The summed E-state index contributed by atoms with van der Waals surface area (Å²) in [6, 6.07) is 0. The van der Waals surface area contributed by atoms with Gasteiger partial charge in [0.25, 0.3) is 0 Å². The van der Waals surface area contributed by atoms with Crippen LogP contribution in [0.4, 0.5) is 0 Å². The number of fused-ring (bicyclic) bond motifs is 5. The van der Waals surface area contributed by atoms with Crippen molar-refractivity contribution in [2.75, 3.05) is 11.5 Å². The lowest BCUT2D eigenvalue weighted by molar-refractivity contribution is -0.0444. The SMILES string of the molecule is CC(=C1SCCCS1)[C@H]1CC[C@H]2[C@@H]3CC=C4C[C@@H](O[Si](C)(C)C(C)(C)C)CC[C@]4(C)[C@H]3CC[C@]12C. The molecule has 7 atom stereocenters. The molecule has 0 unspecified atom stereocenters. The van der Waals surface area contributed by atoms with E-state index in [1.165, 1.54) is 69.3 Å². The quantitative estimate of drug-likeness (QED) is 0.264. The van der Waals surface area contributed by atoms with E-state index >= 15 is 0 Å². The molecule has 0 aromatic rings. The van der Waals surface area contributed by atoms with Gasteiger partial charge in [0, 0.05) is 10.3 Å². The minimum Gasteiger partial charge on any atom is -0.414 e. The first-order valence-electron chi connectivity index (χ1n) is 14.7. The van der Waals surface area contributed by atoms with Gasteiger partial charge in [0.1, 0.15) is 0 Å². The van der Waals surface area contributed by atoms with E-state index in [9.17, 15) is 0 Å². The van der Waals surface area contributed by atoms with Crippen LogP contribution in [0.3, 0.4) is 0 Å². The Kier molecular flexibility index (Phi) is 7.33. The Hall–Kier alpha value is 0.357. The maximum Gasteiger partial charge on any atom is 0.192 e. The van der Waals surface area contributed by atoms with Gasteiger partial charge in [-0.3, -0.25) is 0 Å². The number of rotatable bonds is 3. The number of thioether (sulfide) groups is 2. The van der Waals surface area contributed by atoms with E-state index in [1.807, 2.05) is 0 Å². The van der Waals surface area contributed by atoms with Crippen LogP contribution in [0.5, 0.6) is 0 Å². The Morgan fingerprint density at radius 2 is 1.71 bits per heavy atom. The van der Waals surface area contributed by atoms with E-state index in [0.29, 0.717) is 22.0 Å². The minimum absolute atomic E-state index is 0.300. The van der Waals surface area contributed by atoms with Crippen LogP contribution in [0.1, 0.15) is 99.3 Å². The summed E-state index contributed by atoms with van der Waals surface area (Å²) in [4.78, 5) is 0. The van der Waals surface area contributed by atoms with Gasteiger partial charge in [0.2, 0.25) is 0 Å². The van der Waals surface area contributed by atoms with Crippen molar-refractivity contribution in [3.05, 3.63) is 21.5 Å². The summed E-state index contributed by atoms with van der Waals surface area (Å²) < 4.78 is 8.64. The van der Waals surface area contributed by atoms with Crippen LogP contribution in [0.15, 0.2) is 21.5 Å². The highest BCUT2D eigenvalue weighted by Crippen LogP contribution is 2.67. The fourth-order valence-corrected chi connectivity index (χ4v) is 12.9. The van der Waals surface area contributed by atoms with Crippen LogP contribution in [0.2, 0.25) is 18.1 Å². The maximum absolute atomic E-state index is 6.95. The third-order valence-corrected chi connectivity index (χ3v) is 19.3. The maximum atomic E-state index is 6.95. The summed E-state index contributed by atoms with van der Waals surface area (Å²) in [5.41, 5.74) is 4.50. The highest BCUT2D eigenvalue weighted by molar-refractivity contribution is 8.22. The first-order valence-corrected chi connectivity index (χ1v) is 19.6. The van der Waals surface area contributed by atoms with Gasteiger partial charge in [-0.2, -0.15) is 0 Å². The summed E-state index contributed by atoms with van der Waals surface area (Å²) in [6.07, 6.45) is 15.6. The molecule has 3 saturated carbocycles. The van der Waals surface area contributed by atoms with Gasteiger partial charge >= 0.3 is 0 Å². The molecular formula is C31H52OS2Si. The third kappa shape index (κ3) is 4.61. The molecule has 1 heterocycles. The summed E-state index contributed by atoms with van der Waals surface area (Å²) in [7, 11) is -1.70. The predicted octanol–water partition coefficient (Wildman–Crippen LogP) is 10.1. The highest BCUT2D eigenvalue weighted by atomic mass is 32.2. The Morgan fingerprint density at radius 1 is 1.00 bits per heavy atom. The first-order chi connectivity index (χ1) is 16.4. The van der Waals surface area contributed by atoms with Crippen LogP contribution in [-0.4, -0.2) is 25.9 Å². The summed E-state index contributed by atoms with van der Waals surface area (Å²) in [6.45, 7) is 19.9. The Bertz CT molecular complexity index is 877. The van der Waals surface area contributed by atoms with Crippen molar-refractivity contribution in [2.45, 2.75) is 124 Å². The average molecular weight is 533 g/mol. The molecular weight excluding hydrogens is 481 g/mol. The lowest BCUT2D eigenvalue weighted by atomic mass is 9.47. The molecule has 35 heavy (non-hydrogen) atoms. The van der Waals surface area contributed by atoms with Gasteiger partial charge in [-0.1, -0.05) is 46.3 Å². The second-order valence-electron chi connectivity index (χ2n) is 14.7. The van der Waals surface area contributed by atoms with E-state index in [2.05, 4.69) is 84.2 Å². The zero-order chi connectivity index (χ0) is 25.2. The van der Waals surface area contributed by atoms with Gasteiger partial charge in [-0.15, -0.1) is 23.5 Å². The molecule has 1 saturated heterocycles. The Labute approximate surface area is 226 Å². The smallest absolute Gasteiger partial charge is 0.192 e. The first kappa shape index (κ1) is 26.9. The molecule has 1 aliphatic heterocycles. The van der Waals surface area contributed by atoms with Gasteiger partial charge in [0.05, 0.1) is 0 Å². The van der Waals surface area contributed by atoms with Crippen molar-refractivity contribution in [3.8, 4) is 0 Å². The highest BCUT2D eigenvalue weighted by Gasteiger charge is 2.59. The largest absolute Gasteiger partial charge is 0.414 e. The molecule has 0 amide bonds. The molecule has 4 aliphatic carbocycles. The molecule has 0 N–H and O–H groups in total. The average Bonchev–Trinajstić information content (AvgIpc) is 3.15. The van der Waals surface area contributed by atoms with Gasteiger partial charge in [-0.05, 0) is 134 Å². The fraction of sp³-hybridized carbons (Fsp3) is 0.871. The Balaban J connectivity index is 1.34. The number of hydrogen-bond donors (Lipinski definition) is 0. The zero-order valence-electron chi connectivity index (χ0n) is 24.0. The second-order valence-corrected chi connectivity index (χ2v) is 21.9. The van der Waals surface area contributed by atoms with E-state index in [1.54, 1.807) is 15.4 Å². The monoisotopic (exact) mass is 532 g/mol. The number of allylic oxidation sites excluding steroid dienone is 2. The lowest BCUT2D eigenvalue weighted by Gasteiger charge is -2.58. The summed E-state index contributed by atoms with van der Waals surface area (Å²) in [5.74, 6) is 6.24. The zero-order valence-corrected chi connectivity index (χ0v) is 26.6. The molecule has 0 spiro atoms. The molecule has 198 valence electrons. The van der Waals surface area contributed by atoms with Gasteiger partial charge in [0.15, 0.2) is 8.32 Å². The molecule has 0 aromatic heterocycles. The normalized spacial score (nSPS) is 42.1. The van der Waals surface area contributed by atoms with E-state index in [4.69, 9.17) is 4.43 Å². The summed E-state index contributed by atoms with van der Waals surface area (Å²) in [5, 5.41) is 0.300. The molecule has 0 bridgehead atoms. The third-order valence-electron chi connectivity index (χ3n) is 11.9. The van der Waals surface area contributed by atoms with Crippen molar-refractivity contribution in [1.82, 2.24) is 0 Å². The van der Waals surface area contributed by atoms with Crippen molar-refractivity contribution < 1.29 is 4.43 Å². The van der Waals surface area contributed by atoms with Crippen molar-refractivity contribution in [1.29, 1.82) is 0 Å². The Morgan fingerprint density at radius 3 is 2.40 bits per heavy atom. The van der Waals surface area contributed by atoms with Gasteiger partial charge in [-0.25, -0.2) is 0 Å². The van der Waals surface area contributed by atoms with E-state index in [-0.39, 0.29) is 0 Å². The van der Waals surface area contributed by atoms with Crippen LogP contribution in [0.25, 0.3) is 0 Å². The van der Waals surface area contributed by atoms with Gasteiger partial charge < -0.3 is 4.43 Å². The van der Waals surface area contributed by atoms with Crippen molar-refractivity contribution >= 4 is 31.8 Å². The molecule has 5 aliphatic rings. The number of hydrogen-bond acceptors (Lipinski definition) is 3. The standard InChI is InChI=1S/C31H52OS2Si/c1-21(28-33-18-9-19-34-28)25-12-13-26-24-11-10-22-20-23(32-35(7,8)29(2,3)4)14-16-30(22,5)27(24)15-17-31(25,26)6/h10,23-27H,9,11-20H2,1-8H3/t23-,24-,25+,26-,27-,30-,31+/m0/s1. The molecule has 0 radical (unpaired) electrons. The lowest BCUT2D eigenvalue weighted by Crippen LogP contribution is -2.51. The molecule has 4 fully saturated rings. The van der Waals surface area contributed by atoms with Crippen LogP contribution in [-0.2, 0) is 4.43 Å². The minimum atomic E-state index is -1.70. The fourth-order valence-electron chi connectivity index (χ4n) is 8.83. The molecule has 1 nitrogen and oxygen atoms in total. The predicted molar refractivity (Wildman–Crippen MR) is 159 cm³/mol. The molecule has 4 heteroatoms. The van der Waals surface area contributed by atoms with Crippen LogP contribution in [0, 0.1) is 34.5 Å². The second kappa shape index (κ2) is 9.52. The van der Waals surface area contributed by atoms with Crippen LogP contribution >= 0.6 is 23.5 Å². The topological polar surface area (TPSA) is 9.23 Å². The van der Waals surface area contributed by atoms with Crippen molar-refractivity contribution in [2.24, 2.45) is 34.5 Å². The van der Waals surface area contributed by atoms with Crippen molar-refractivity contribution in [3.63, 3.8) is 0 Å². The van der Waals surface area contributed by atoms with E-state index in [0.717, 1.165) is 23.7 Å². The van der Waals surface area contributed by atoms with E-state index < -0.39 is 8.32 Å².